The van der Waals surface area contributed by atoms with Gasteiger partial charge >= 0.3 is 0 Å². The highest BCUT2D eigenvalue weighted by Gasteiger charge is 2.25. The van der Waals surface area contributed by atoms with Gasteiger partial charge in [0.25, 0.3) is 0 Å². The van der Waals surface area contributed by atoms with E-state index >= 15 is 0 Å². The maximum Gasteiger partial charge on any atom is 0.0961 e. The molecule has 2 fully saturated rings. The van der Waals surface area contributed by atoms with Gasteiger partial charge in [0.2, 0.25) is 0 Å². The molecule has 0 radical (unpaired) electrons. The van der Waals surface area contributed by atoms with Crippen molar-refractivity contribution in [1.82, 2.24) is 10.3 Å². The standard InChI is InChI=1S/C13H20N2S/c1-9-12(8-11-6-3-7-14-11)16-13(15-9)10-4-2-5-10/h10-11,14H,2-8H2,1H3. The smallest absolute Gasteiger partial charge is 0.0961 e. The summed E-state index contributed by atoms with van der Waals surface area (Å²) < 4.78 is 0. The Balaban J connectivity index is 1.70. The van der Waals surface area contributed by atoms with Crippen LogP contribution in [0.15, 0.2) is 0 Å². The molecule has 0 aromatic carbocycles. The third-order valence-electron chi connectivity index (χ3n) is 3.96. The summed E-state index contributed by atoms with van der Waals surface area (Å²) in [5.41, 5.74) is 1.29. The topological polar surface area (TPSA) is 24.9 Å². The van der Waals surface area contributed by atoms with Crippen LogP contribution in [0.3, 0.4) is 0 Å². The molecule has 1 atom stereocenters. The predicted molar refractivity (Wildman–Crippen MR) is 68.2 cm³/mol. The van der Waals surface area contributed by atoms with E-state index in [1.807, 2.05) is 11.3 Å². The van der Waals surface area contributed by atoms with E-state index in [0.717, 1.165) is 5.92 Å². The number of rotatable bonds is 3. The molecule has 1 saturated carbocycles. The number of thiazole rings is 1. The lowest BCUT2D eigenvalue weighted by Gasteiger charge is -2.22. The van der Waals surface area contributed by atoms with Gasteiger partial charge < -0.3 is 5.32 Å². The first-order valence-electron chi connectivity index (χ1n) is 6.52. The number of hydrogen-bond donors (Lipinski definition) is 1. The van der Waals surface area contributed by atoms with Gasteiger partial charge in [-0.1, -0.05) is 6.42 Å². The van der Waals surface area contributed by atoms with Crippen molar-refractivity contribution in [1.29, 1.82) is 0 Å². The Kier molecular flexibility index (Phi) is 2.99. The lowest BCUT2D eigenvalue weighted by atomic mass is 9.86. The molecule has 3 rings (SSSR count). The van der Waals surface area contributed by atoms with Gasteiger partial charge in [0.1, 0.15) is 0 Å². The van der Waals surface area contributed by atoms with Gasteiger partial charge in [-0.15, -0.1) is 11.3 Å². The Morgan fingerprint density at radius 1 is 1.31 bits per heavy atom. The predicted octanol–water partition coefficient (Wildman–Crippen LogP) is 3.01. The molecule has 0 spiro atoms. The maximum atomic E-state index is 4.77. The summed E-state index contributed by atoms with van der Waals surface area (Å²) in [4.78, 5) is 6.29. The van der Waals surface area contributed by atoms with E-state index in [-0.39, 0.29) is 0 Å². The molecule has 1 aromatic rings. The second kappa shape index (κ2) is 4.46. The van der Waals surface area contributed by atoms with Crippen LogP contribution in [-0.4, -0.2) is 17.6 Å². The van der Waals surface area contributed by atoms with Crippen LogP contribution < -0.4 is 5.32 Å². The van der Waals surface area contributed by atoms with Crippen LogP contribution in [0.4, 0.5) is 0 Å². The molecule has 2 aliphatic rings. The summed E-state index contributed by atoms with van der Waals surface area (Å²) in [6, 6.07) is 0.716. The molecule has 0 amide bonds. The van der Waals surface area contributed by atoms with Crippen molar-refractivity contribution in [3.05, 3.63) is 15.6 Å². The van der Waals surface area contributed by atoms with Crippen LogP contribution in [0.5, 0.6) is 0 Å². The fourth-order valence-corrected chi connectivity index (χ4v) is 3.94. The van der Waals surface area contributed by atoms with Crippen LogP contribution in [-0.2, 0) is 6.42 Å². The van der Waals surface area contributed by atoms with E-state index in [9.17, 15) is 0 Å². The van der Waals surface area contributed by atoms with Crippen molar-refractivity contribution >= 4 is 11.3 Å². The first-order chi connectivity index (χ1) is 7.83. The van der Waals surface area contributed by atoms with Crippen molar-refractivity contribution in [2.45, 2.75) is 57.4 Å². The van der Waals surface area contributed by atoms with Gasteiger partial charge in [0, 0.05) is 16.8 Å². The van der Waals surface area contributed by atoms with Crippen LogP contribution in [0, 0.1) is 6.92 Å². The van der Waals surface area contributed by atoms with E-state index in [4.69, 9.17) is 4.98 Å². The summed E-state index contributed by atoms with van der Waals surface area (Å²) in [5.74, 6) is 0.800. The van der Waals surface area contributed by atoms with Crippen molar-refractivity contribution in [3.8, 4) is 0 Å². The Morgan fingerprint density at radius 3 is 2.81 bits per heavy atom. The molecule has 1 aromatic heterocycles. The van der Waals surface area contributed by atoms with Crippen LogP contribution in [0.25, 0.3) is 0 Å². The largest absolute Gasteiger partial charge is 0.314 e. The first-order valence-corrected chi connectivity index (χ1v) is 7.34. The van der Waals surface area contributed by atoms with E-state index in [2.05, 4.69) is 12.2 Å². The Hall–Kier alpha value is -0.410. The van der Waals surface area contributed by atoms with E-state index in [0.29, 0.717) is 6.04 Å². The molecule has 2 heterocycles. The molecule has 1 aliphatic heterocycles. The van der Waals surface area contributed by atoms with Crippen LogP contribution in [0.2, 0.25) is 0 Å². The zero-order valence-electron chi connectivity index (χ0n) is 9.96. The lowest BCUT2D eigenvalue weighted by molar-refractivity contribution is 0.418. The first kappa shape index (κ1) is 10.7. The van der Waals surface area contributed by atoms with Gasteiger partial charge in [0.05, 0.1) is 10.7 Å². The average Bonchev–Trinajstić information content (AvgIpc) is 2.76. The van der Waals surface area contributed by atoms with Gasteiger partial charge in [-0.3, -0.25) is 0 Å². The molecule has 1 aliphatic carbocycles. The molecule has 16 heavy (non-hydrogen) atoms. The highest BCUT2D eigenvalue weighted by molar-refractivity contribution is 7.11. The Morgan fingerprint density at radius 2 is 2.19 bits per heavy atom. The van der Waals surface area contributed by atoms with Gasteiger partial charge in [-0.2, -0.15) is 0 Å². The zero-order chi connectivity index (χ0) is 11.0. The van der Waals surface area contributed by atoms with E-state index in [1.165, 1.54) is 60.6 Å². The highest BCUT2D eigenvalue weighted by atomic mass is 32.1. The van der Waals surface area contributed by atoms with Crippen LogP contribution >= 0.6 is 11.3 Å². The Bertz CT molecular complexity index is 362. The fourth-order valence-electron chi connectivity index (χ4n) is 2.62. The second-order valence-electron chi connectivity index (χ2n) is 5.19. The SMILES string of the molecule is Cc1nc(C2CCC2)sc1CC1CCCN1. The maximum absolute atomic E-state index is 4.77. The van der Waals surface area contributed by atoms with E-state index in [1.54, 1.807) is 0 Å². The zero-order valence-corrected chi connectivity index (χ0v) is 10.8. The molecule has 1 saturated heterocycles. The second-order valence-corrected chi connectivity index (χ2v) is 6.30. The minimum Gasteiger partial charge on any atom is -0.314 e. The molecule has 2 nitrogen and oxygen atoms in total. The van der Waals surface area contributed by atoms with Crippen molar-refractivity contribution in [2.75, 3.05) is 6.54 Å². The molecular formula is C13H20N2S. The summed E-state index contributed by atoms with van der Waals surface area (Å²) in [6.07, 6.45) is 8.04. The minimum atomic E-state index is 0.716. The monoisotopic (exact) mass is 236 g/mol. The molecule has 1 N–H and O–H groups in total. The van der Waals surface area contributed by atoms with Gasteiger partial charge in [-0.25, -0.2) is 4.98 Å². The summed E-state index contributed by atoms with van der Waals surface area (Å²) in [5, 5.41) is 4.99. The van der Waals surface area contributed by atoms with E-state index < -0.39 is 0 Å². The summed E-state index contributed by atoms with van der Waals surface area (Å²) in [7, 11) is 0. The number of hydrogen-bond acceptors (Lipinski definition) is 3. The number of nitrogens with one attached hydrogen (secondary N) is 1. The molecule has 1 unspecified atom stereocenters. The minimum absolute atomic E-state index is 0.716. The summed E-state index contributed by atoms with van der Waals surface area (Å²) in [6.45, 7) is 3.39. The highest BCUT2D eigenvalue weighted by Crippen LogP contribution is 2.39. The quantitative estimate of drug-likeness (QED) is 0.872. The summed E-state index contributed by atoms with van der Waals surface area (Å²) >= 11 is 1.98. The fraction of sp³-hybridized carbons (Fsp3) is 0.769. The van der Waals surface area contributed by atoms with Crippen molar-refractivity contribution < 1.29 is 0 Å². The molecular weight excluding hydrogens is 216 g/mol. The van der Waals surface area contributed by atoms with Gasteiger partial charge in [-0.05, 0) is 45.6 Å². The van der Waals surface area contributed by atoms with Gasteiger partial charge in [0.15, 0.2) is 0 Å². The average molecular weight is 236 g/mol. The van der Waals surface area contributed by atoms with Crippen molar-refractivity contribution in [2.24, 2.45) is 0 Å². The third-order valence-corrected chi connectivity index (χ3v) is 5.30. The third kappa shape index (κ3) is 2.03. The number of aromatic nitrogens is 1. The molecule has 3 heteroatoms. The molecule has 0 bridgehead atoms. The molecule has 88 valence electrons. The van der Waals surface area contributed by atoms with Crippen LogP contribution in [0.1, 0.15) is 53.6 Å². The number of nitrogens with zero attached hydrogens (tertiary/aromatic N) is 1. The normalized spacial score (nSPS) is 25.9. The van der Waals surface area contributed by atoms with Crippen molar-refractivity contribution in [3.63, 3.8) is 0 Å². The number of aryl methyl sites for hydroxylation is 1. The Labute approximate surface area is 101 Å². The lowest BCUT2D eigenvalue weighted by Crippen LogP contribution is -2.23.